The van der Waals surface area contributed by atoms with Gasteiger partial charge in [0.25, 0.3) is 0 Å². The molecule has 0 N–H and O–H groups in total. The molecule has 7 heteroatoms. The van der Waals surface area contributed by atoms with E-state index < -0.39 is 0 Å². The molecule has 0 spiro atoms. The minimum Gasteiger partial charge on any atom is -0.463 e. The van der Waals surface area contributed by atoms with Crippen LogP contribution in [0.5, 0.6) is 0 Å². The second kappa shape index (κ2) is 9.20. The lowest BCUT2D eigenvalue weighted by Gasteiger charge is -2.16. The van der Waals surface area contributed by atoms with E-state index in [4.69, 9.17) is 9.47 Å². The van der Waals surface area contributed by atoms with E-state index in [1.54, 1.807) is 39.0 Å². The smallest absolute Gasteiger partial charge is 0.307 e. The molecule has 1 heterocycles. The van der Waals surface area contributed by atoms with Crippen LogP contribution in [0.2, 0.25) is 0 Å². The Morgan fingerprint density at radius 2 is 1.60 bits per heavy atom. The molecule has 0 amide bonds. The number of esters is 2. The van der Waals surface area contributed by atoms with Crippen LogP contribution in [0.25, 0.3) is 10.2 Å². The summed E-state index contributed by atoms with van der Waals surface area (Å²) in [6.45, 7) is 7.22. The second-order valence-corrected chi connectivity index (χ2v) is 8.75. The number of fused-ring (bicyclic) bond motifs is 1. The number of nitrogens with zero attached hydrogens (tertiary/aromatic N) is 1. The highest BCUT2D eigenvalue weighted by atomic mass is 32.2. The first-order valence-electron chi connectivity index (χ1n) is 8.24. The number of ether oxygens (including phenoxy) is 2. The van der Waals surface area contributed by atoms with Gasteiger partial charge >= 0.3 is 11.9 Å². The standard InChI is InChI=1S/C18H23NO4S2/c1-11(2)22-16(20)9-13(10-17(21)23-12(3)4)24-18-19-14-7-5-6-8-15(14)25-18/h5-8,11-13H,9-10H2,1-4H3. The van der Waals surface area contributed by atoms with Crippen LogP contribution < -0.4 is 0 Å². The Morgan fingerprint density at radius 3 is 2.12 bits per heavy atom. The molecule has 0 atom stereocenters. The number of carbonyl (C=O) groups is 2. The molecular weight excluding hydrogens is 358 g/mol. The summed E-state index contributed by atoms with van der Waals surface area (Å²) in [6, 6.07) is 7.86. The molecule has 0 fully saturated rings. The van der Waals surface area contributed by atoms with Gasteiger partial charge in [-0.15, -0.1) is 11.3 Å². The summed E-state index contributed by atoms with van der Waals surface area (Å²) in [6.07, 6.45) is -0.0655. The largest absolute Gasteiger partial charge is 0.463 e. The van der Waals surface area contributed by atoms with E-state index in [2.05, 4.69) is 4.98 Å². The average molecular weight is 382 g/mol. The van der Waals surface area contributed by atoms with E-state index in [1.165, 1.54) is 11.8 Å². The Hall–Kier alpha value is -1.60. The number of thiazole rings is 1. The third kappa shape index (κ3) is 6.66. The highest BCUT2D eigenvalue weighted by Gasteiger charge is 2.23. The maximum atomic E-state index is 12.0. The number of para-hydroxylation sites is 1. The minimum atomic E-state index is -0.314. The van der Waals surface area contributed by atoms with Gasteiger partial charge < -0.3 is 9.47 Å². The van der Waals surface area contributed by atoms with Crippen molar-refractivity contribution in [1.82, 2.24) is 4.98 Å². The summed E-state index contributed by atoms with van der Waals surface area (Å²) >= 11 is 2.99. The van der Waals surface area contributed by atoms with Crippen molar-refractivity contribution in [3.8, 4) is 0 Å². The lowest BCUT2D eigenvalue weighted by atomic mass is 10.2. The average Bonchev–Trinajstić information content (AvgIpc) is 2.87. The molecule has 0 radical (unpaired) electrons. The number of carbonyl (C=O) groups excluding carboxylic acids is 2. The van der Waals surface area contributed by atoms with Gasteiger partial charge in [-0.05, 0) is 39.8 Å². The molecule has 0 aliphatic rings. The van der Waals surface area contributed by atoms with Gasteiger partial charge in [0.05, 0.1) is 35.3 Å². The molecule has 0 bridgehead atoms. The number of hydrogen-bond acceptors (Lipinski definition) is 7. The van der Waals surface area contributed by atoms with Crippen LogP contribution >= 0.6 is 23.1 Å². The van der Waals surface area contributed by atoms with Gasteiger partial charge in [0.1, 0.15) is 0 Å². The molecule has 1 aromatic carbocycles. The van der Waals surface area contributed by atoms with Crippen molar-refractivity contribution < 1.29 is 19.1 Å². The van der Waals surface area contributed by atoms with E-state index in [0.29, 0.717) is 0 Å². The van der Waals surface area contributed by atoms with E-state index >= 15 is 0 Å². The number of benzene rings is 1. The van der Waals surface area contributed by atoms with Gasteiger partial charge in [-0.3, -0.25) is 9.59 Å². The normalized spacial score (nSPS) is 11.5. The monoisotopic (exact) mass is 381 g/mol. The predicted molar refractivity (Wildman–Crippen MR) is 101 cm³/mol. The molecule has 5 nitrogen and oxygen atoms in total. The molecular formula is C18H23NO4S2. The molecule has 0 aliphatic heterocycles. The maximum Gasteiger partial charge on any atom is 0.307 e. The van der Waals surface area contributed by atoms with E-state index in [1.807, 2.05) is 24.3 Å². The molecule has 25 heavy (non-hydrogen) atoms. The van der Waals surface area contributed by atoms with Crippen molar-refractivity contribution in [3.63, 3.8) is 0 Å². The molecule has 1 aromatic heterocycles. The molecule has 0 unspecified atom stereocenters. The fourth-order valence-electron chi connectivity index (χ4n) is 2.19. The number of aromatic nitrogens is 1. The van der Waals surface area contributed by atoms with E-state index in [9.17, 15) is 9.59 Å². The zero-order valence-electron chi connectivity index (χ0n) is 14.9. The molecule has 2 rings (SSSR count). The van der Waals surface area contributed by atoms with E-state index in [-0.39, 0.29) is 42.2 Å². The van der Waals surface area contributed by atoms with Gasteiger partial charge in [0, 0.05) is 5.25 Å². The van der Waals surface area contributed by atoms with Crippen LogP contribution in [-0.2, 0) is 19.1 Å². The van der Waals surface area contributed by atoms with Gasteiger partial charge in [-0.1, -0.05) is 23.9 Å². The third-order valence-electron chi connectivity index (χ3n) is 3.06. The molecule has 136 valence electrons. The van der Waals surface area contributed by atoms with Crippen molar-refractivity contribution >= 4 is 45.3 Å². The van der Waals surface area contributed by atoms with Crippen molar-refractivity contribution in [3.05, 3.63) is 24.3 Å². The van der Waals surface area contributed by atoms with Crippen molar-refractivity contribution in [2.45, 2.75) is 62.3 Å². The summed E-state index contributed by atoms with van der Waals surface area (Å²) in [5.74, 6) is -0.628. The van der Waals surface area contributed by atoms with Crippen molar-refractivity contribution in [2.24, 2.45) is 0 Å². The van der Waals surface area contributed by atoms with Crippen molar-refractivity contribution in [1.29, 1.82) is 0 Å². The van der Waals surface area contributed by atoms with Crippen LogP contribution in [0.4, 0.5) is 0 Å². The predicted octanol–water partition coefficient (Wildman–Crippen LogP) is 4.44. The Morgan fingerprint density at radius 1 is 1.04 bits per heavy atom. The minimum absolute atomic E-state index is 0.145. The first-order valence-corrected chi connectivity index (χ1v) is 9.94. The van der Waals surface area contributed by atoms with Crippen LogP contribution in [0, 0.1) is 0 Å². The Kier molecular flexibility index (Phi) is 7.25. The molecule has 0 saturated heterocycles. The first-order chi connectivity index (χ1) is 11.8. The number of rotatable bonds is 8. The SMILES string of the molecule is CC(C)OC(=O)CC(CC(=O)OC(C)C)Sc1nc2ccccc2s1. The maximum absolute atomic E-state index is 12.0. The van der Waals surface area contributed by atoms with Crippen molar-refractivity contribution in [2.75, 3.05) is 0 Å². The van der Waals surface area contributed by atoms with Gasteiger partial charge in [0.15, 0.2) is 4.34 Å². The first kappa shape index (κ1) is 19.7. The lowest BCUT2D eigenvalue weighted by molar-refractivity contribution is -0.148. The quantitative estimate of drug-likeness (QED) is 0.497. The summed E-state index contributed by atoms with van der Waals surface area (Å²) < 4.78 is 12.4. The highest BCUT2D eigenvalue weighted by Crippen LogP contribution is 2.34. The zero-order valence-corrected chi connectivity index (χ0v) is 16.5. The Bertz CT molecular complexity index is 670. The topological polar surface area (TPSA) is 65.5 Å². The second-order valence-electron chi connectivity index (χ2n) is 6.17. The van der Waals surface area contributed by atoms with E-state index in [0.717, 1.165) is 14.6 Å². The summed E-state index contributed by atoms with van der Waals surface area (Å²) in [5, 5.41) is -0.266. The number of hydrogen-bond donors (Lipinski definition) is 0. The van der Waals surface area contributed by atoms with Gasteiger partial charge in [-0.2, -0.15) is 0 Å². The molecule has 2 aromatic rings. The fourth-order valence-corrected chi connectivity index (χ4v) is 4.64. The fraction of sp³-hybridized carbons (Fsp3) is 0.500. The summed E-state index contributed by atoms with van der Waals surface area (Å²) in [7, 11) is 0. The Balaban J connectivity index is 2.08. The van der Waals surface area contributed by atoms with Crippen LogP contribution in [0.15, 0.2) is 28.6 Å². The highest BCUT2D eigenvalue weighted by molar-refractivity contribution is 8.01. The lowest BCUT2D eigenvalue weighted by Crippen LogP contribution is -2.21. The number of thioether (sulfide) groups is 1. The van der Waals surface area contributed by atoms with Crippen LogP contribution in [0.1, 0.15) is 40.5 Å². The van der Waals surface area contributed by atoms with Gasteiger partial charge in [-0.25, -0.2) is 4.98 Å². The van der Waals surface area contributed by atoms with Crippen LogP contribution in [0.3, 0.4) is 0 Å². The third-order valence-corrected chi connectivity index (χ3v) is 5.39. The Labute approximate surface area is 156 Å². The zero-order chi connectivity index (χ0) is 18.4. The van der Waals surface area contributed by atoms with Crippen LogP contribution in [-0.4, -0.2) is 34.4 Å². The summed E-state index contributed by atoms with van der Waals surface area (Å²) in [4.78, 5) is 28.6. The summed E-state index contributed by atoms with van der Waals surface area (Å²) in [5.41, 5.74) is 0.920. The molecule has 0 aliphatic carbocycles. The van der Waals surface area contributed by atoms with Gasteiger partial charge in [0.2, 0.25) is 0 Å². The molecule has 0 saturated carbocycles.